The zero-order valence-corrected chi connectivity index (χ0v) is 9.87. The third-order valence-corrected chi connectivity index (χ3v) is 2.81. The molecule has 2 heterocycles. The summed E-state index contributed by atoms with van der Waals surface area (Å²) < 4.78 is 6.45. The summed E-state index contributed by atoms with van der Waals surface area (Å²) in [5.41, 5.74) is 0.384. The Morgan fingerprint density at radius 3 is 3.19 bits per heavy atom. The third kappa shape index (κ3) is 2.20. The van der Waals surface area contributed by atoms with Crippen LogP contribution in [0.5, 0.6) is 0 Å². The molecule has 0 unspecified atom stereocenters. The minimum atomic E-state index is -0.201. The normalized spacial score (nSPS) is 10.9. The fourth-order valence-corrected chi connectivity index (χ4v) is 1.99. The summed E-state index contributed by atoms with van der Waals surface area (Å²) in [5, 5.41) is 7.81. The Balaban J connectivity index is 2.08. The van der Waals surface area contributed by atoms with Gasteiger partial charge < -0.3 is 10.1 Å². The summed E-state index contributed by atoms with van der Waals surface area (Å²) in [5.74, 6) is -0.201. The number of ether oxygens (including phenoxy) is 1. The second-order valence-corrected chi connectivity index (χ2v) is 4.38. The van der Waals surface area contributed by atoms with Gasteiger partial charge in [0.25, 0.3) is 5.91 Å². The van der Waals surface area contributed by atoms with E-state index in [9.17, 15) is 4.79 Å². The van der Waals surface area contributed by atoms with Crippen molar-refractivity contribution in [3.05, 3.63) is 16.9 Å². The van der Waals surface area contributed by atoms with Crippen LogP contribution in [0.25, 0.3) is 4.96 Å². The first kappa shape index (κ1) is 11.0. The second-order valence-electron chi connectivity index (χ2n) is 3.22. The lowest BCUT2D eigenvalue weighted by Crippen LogP contribution is -2.27. The Hall–Kier alpha value is -1.47. The molecule has 16 heavy (non-hydrogen) atoms. The highest BCUT2D eigenvalue weighted by atomic mass is 32.1. The van der Waals surface area contributed by atoms with Gasteiger partial charge in [0.2, 0.25) is 4.96 Å². The predicted molar refractivity (Wildman–Crippen MR) is 59.8 cm³/mol. The highest BCUT2D eigenvalue weighted by Gasteiger charge is 2.12. The Kier molecular flexibility index (Phi) is 3.16. The van der Waals surface area contributed by atoms with E-state index in [4.69, 9.17) is 4.74 Å². The number of methoxy groups -OCH3 is 1. The Bertz CT molecular complexity index is 473. The van der Waals surface area contributed by atoms with Gasteiger partial charge in [-0.2, -0.15) is 5.10 Å². The maximum Gasteiger partial charge on any atom is 0.271 e. The summed E-state index contributed by atoms with van der Waals surface area (Å²) in [6, 6.07) is 0. The molecule has 1 N–H and O–H groups in total. The first-order chi connectivity index (χ1) is 7.70. The zero-order chi connectivity index (χ0) is 11.5. The van der Waals surface area contributed by atoms with Crippen LogP contribution in [0.4, 0.5) is 0 Å². The van der Waals surface area contributed by atoms with Crippen LogP contribution in [-0.4, -0.2) is 40.8 Å². The van der Waals surface area contributed by atoms with Gasteiger partial charge >= 0.3 is 0 Å². The molecule has 1 amide bonds. The van der Waals surface area contributed by atoms with Crippen molar-refractivity contribution in [2.75, 3.05) is 20.3 Å². The van der Waals surface area contributed by atoms with Crippen molar-refractivity contribution in [3.63, 3.8) is 0 Å². The number of aromatic nitrogens is 3. The molecule has 2 aromatic heterocycles. The maximum absolute atomic E-state index is 11.6. The van der Waals surface area contributed by atoms with E-state index >= 15 is 0 Å². The van der Waals surface area contributed by atoms with Crippen LogP contribution in [-0.2, 0) is 4.74 Å². The number of imidazole rings is 1. The van der Waals surface area contributed by atoms with E-state index < -0.39 is 0 Å². The number of hydrogen-bond acceptors (Lipinski definition) is 5. The molecule has 0 atom stereocenters. The van der Waals surface area contributed by atoms with E-state index in [1.807, 2.05) is 6.92 Å². The van der Waals surface area contributed by atoms with E-state index in [0.29, 0.717) is 18.8 Å². The smallest absolute Gasteiger partial charge is 0.271 e. The summed E-state index contributed by atoms with van der Waals surface area (Å²) in [7, 11) is 1.59. The largest absolute Gasteiger partial charge is 0.383 e. The molecule has 0 saturated heterocycles. The molecule has 0 aromatic carbocycles. The molecule has 0 bridgehead atoms. The monoisotopic (exact) mass is 240 g/mol. The number of carbonyl (C=O) groups excluding carboxylic acids is 1. The highest BCUT2D eigenvalue weighted by Crippen LogP contribution is 2.13. The van der Waals surface area contributed by atoms with E-state index in [2.05, 4.69) is 15.4 Å². The standard InChI is InChI=1S/C9H12N4O2S/c1-6-12-13-5-7(11-9(13)16-6)8(14)10-3-4-15-2/h5H,3-4H2,1-2H3,(H,10,14). The highest BCUT2D eigenvalue weighted by molar-refractivity contribution is 7.16. The van der Waals surface area contributed by atoms with E-state index in [1.165, 1.54) is 11.3 Å². The van der Waals surface area contributed by atoms with Gasteiger partial charge in [-0.05, 0) is 6.92 Å². The van der Waals surface area contributed by atoms with Gasteiger partial charge in [0.15, 0.2) is 0 Å². The maximum atomic E-state index is 11.6. The summed E-state index contributed by atoms with van der Waals surface area (Å²) >= 11 is 1.45. The lowest BCUT2D eigenvalue weighted by molar-refractivity contribution is 0.0932. The van der Waals surface area contributed by atoms with Gasteiger partial charge in [0.1, 0.15) is 10.7 Å². The van der Waals surface area contributed by atoms with Crippen molar-refractivity contribution in [2.45, 2.75) is 6.92 Å². The zero-order valence-electron chi connectivity index (χ0n) is 9.06. The fourth-order valence-electron chi connectivity index (χ4n) is 1.27. The lowest BCUT2D eigenvalue weighted by Gasteiger charge is -2.00. The molecule has 0 spiro atoms. The van der Waals surface area contributed by atoms with Crippen molar-refractivity contribution >= 4 is 22.2 Å². The summed E-state index contributed by atoms with van der Waals surface area (Å²) in [6.07, 6.45) is 1.63. The van der Waals surface area contributed by atoms with Crippen LogP contribution in [0, 0.1) is 6.92 Å². The van der Waals surface area contributed by atoms with E-state index in [1.54, 1.807) is 17.8 Å². The van der Waals surface area contributed by atoms with Crippen molar-refractivity contribution < 1.29 is 9.53 Å². The van der Waals surface area contributed by atoms with Crippen LogP contribution in [0.15, 0.2) is 6.20 Å². The molecule has 0 aliphatic heterocycles. The number of fused-ring (bicyclic) bond motifs is 1. The number of rotatable bonds is 4. The second kappa shape index (κ2) is 4.58. The lowest BCUT2D eigenvalue weighted by atomic mass is 10.4. The van der Waals surface area contributed by atoms with Gasteiger partial charge in [0, 0.05) is 13.7 Å². The van der Waals surface area contributed by atoms with E-state index in [-0.39, 0.29) is 5.91 Å². The van der Waals surface area contributed by atoms with Crippen molar-refractivity contribution in [3.8, 4) is 0 Å². The van der Waals surface area contributed by atoms with Crippen molar-refractivity contribution in [1.29, 1.82) is 0 Å². The summed E-state index contributed by atoms with van der Waals surface area (Å²) in [4.78, 5) is 16.5. The van der Waals surface area contributed by atoms with Crippen LogP contribution >= 0.6 is 11.3 Å². The first-order valence-electron chi connectivity index (χ1n) is 4.80. The van der Waals surface area contributed by atoms with Gasteiger partial charge in [-0.25, -0.2) is 9.50 Å². The number of nitrogens with one attached hydrogen (secondary N) is 1. The SMILES string of the molecule is COCCNC(=O)c1cn2nc(C)sc2n1. The summed E-state index contributed by atoms with van der Waals surface area (Å²) in [6.45, 7) is 2.87. The molecular formula is C9H12N4O2S. The molecule has 0 fully saturated rings. The molecule has 86 valence electrons. The molecule has 0 aliphatic rings. The molecule has 2 rings (SSSR count). The molecule has 0 aliphatic carbocycles. The quantitative estimate of drug-likeness (QED) is 0.789. The Morgan fingerprint density at radius 2 is 2.50 bits per heavy atom. The van der Waals surface area contributed by atoms with Gasteiger partial charge in [-0.3, -0.25) is 4.79 Å². The minimum Gasteiger partial charge on any atom is -0.383 e. The molecule has 0 radical (unpaired) electrons. The fraction of sp³-hybridized carbons (Fsp3) is 0.444. The number of nitrogens with zero attached hydrogens (tertiary/aromatic N) is 3. The molecular weight excluding hydrogens is 228 g/mol. The average Bonchev–Trinajstić information content (AvgIpc) is 2.74. The Morgan fingerprint density at radius 1 is 1.69 bits per heavy atom. The number of aryl methyl sites for hydroxylation is 1. The molecule has 0 saturated carbocycles. The third-order valence-electron chi connectivity index (χ3n) is 1.97. The number of carbonyl (C=O) groups is 1. The van der Waals surface area contributed by atoms with Crippen LogP contribution in [0.1, 0.15) is 15.5 Å². The van der Waals surface area contributed by atoms with Crippen LogP contribution < -0.4 is 5.32 Å². The average molecular weight is 240 g/mol. The van der Waals surface area contributed by atoms with Crippen LogP contribution in [0.3, 0.4) is 0 Å². The first-order valence-corrected chi connectivity index (χ1v) is 5.62. The molecule has 7 heteroatoms. The number of hydrogen-bond donors (Lipinski definition) is 1. The van der Waals surface area contributed by atoms with Crippen molar-refractivity contribution in [2.24, 2.45) is 0 Å². The van der Waals surface area contributed by atoms with Crippen LogP contribution in [0.2, 0.25) is 0 Å². The number of amides is 1. The Labute approximate surface area is 96.2 Å². The van der Waals surface area contributed by atoms with E-state index in [0.717, 1.165) is 9.97 Å². The topological polar surface area (TPSA) is 68.5 Å². The van der Waals surface area contributed by atoms with Gasteiger partial charge in [-0.1, -0.05) is 11.3 Å². The molecule has 2 aromatic rings. The van der Waals surface area contributed by atoms with Crippen molar-refractivity contribution in [1.82, 2.24) is 19.9 Å². The van der Waals surface area contributed by atoms with Gasteiger partial charge in [0.05, 0.1) is 12.8 Å². The predicted octanol–water partition coefficient (Wildman–Crippen LogP) is 0.475. The molecule has 6 nitrogen and oxygen atoms in total. The minimum absolute atomic E-state index is 0.201. The van der Waals surface area contributed by atoms with Gasteiger partial charge in [-0.15, -0.1) is 0 Å².